The Morgan fingerprint density at radius 3 is 1.32 bits per heavy atom. The number of nitrogens with one attached hydrogen (secondary N) is 2. The van der Waals surface area contributed by atoms with Crippen molar-refractivity contribution in [3.05, 3.63) is 71.8 Å². The zero-order valence-electron chi connectivity index (χ0n) is 14.9. The smallest absolute Gasteiger partial charge is 0.322 e. The van der Waals surface area contributed by atoms with E-state index in [1.807, 2.05) is 12.1 Å². The fraction of sp³-hybridized carbons (Fsp3) is 0.200. The van der Waals surface area contributed by atoms with E-state index in [4.69, 9.17) is 0 Å². The first kappa shape index (κ1) is 17.7. The van der Waals surface area contributed by atoms with Crippen LogP contribution in [0.25, 0.3) is 0 Å². The summed E-state index contributed by atoms with van der Waals surface area (Å²) < 4.78 is 0. The Morgan fingerprint density at radius 1 is 0.607 bits per heavy atom. The molecule has 2 aromatic carbocycles. The second-order valence-corrected chi connectivity index (χ2v) is 6.57. The molecule has 2 saturated heterocycles. The minimum Gasteiger partial charge on any atom is -0.322 e. The molecule has 2 fully saturated rings. The molecule has 2 aromatic rings. The van der Waals surface area contributed by atoms with Crippen LogP contribution < -0.4 is 10.6 Å². The van der Waals surface area contributed by atoms with E-state index in [1.54, 1.807) is 48.5 Å². The van der Waals surface area contributed by atoms with Gasteiger partial charge in [0.2, 0.25) is 0 Å². The van der Waals surface area contributed by atoms with Gasteiger partial charge in [0.15, 0.2) is 0 Å². The number of hydrogen-bond acceptors (Lipinski definition) is 4. The Morgan fingerprint density at radius 2 is 0.964 bits per heavy atom. The van der Waals surface area contributed by atoms with Gasteiger partial charge in [-0.25, -0.2) is 9.59 Å². The molecule has 0 unspecified atom stereocenters. The highest BCUT2D eigenvalue weighted by Gasteiger charge is 2.42. The number of hydrogen-bond donors (Lipinski definition) is 2. The minimum absolute atomic E-state index is 0.0608. The molecule has 6 amide bonds. The van der Waals surface area contributed by atoms with Crippen molar-refractivity contribution in [2.45, 2.75) is 12.1 Å². The molecule has 0 bridgehead atoms. The van der Waals surface area contributed by atoms with E-state index in [0.29, 0.717) is 11.1 Å². The summed E-state index contributed by atoms with van der Waals surface area (Å²) in [5.74, 6) is -0.800. The summed E-state index contributed by atoms with van der Waals surface area (Å²) in [4.78, 5) is 51.7. The zero-order valence-corrected chi connectivity index (χ0v) is 14.9. The van der Waals surface area contributed by atoms with Crippen LogP contribution in [-0.2, 0) is 9.59 Å². The van der Waals surface area contributed by atoms with Crippen LogP contribution in [0, 0.1) is 0 Å². The average Bonchev–Trinajstić information content (AvgIpc) is 3.17. The van der Waals surface area contributed by atoms with E-state index in [2.05, 4.69) is 10.6 Å². The molecule has 2 aliphatic rings. The molecule has 2 aliphatic heterocycles. The maximum absolute atomic E-state index is 12.6. The van der Waals surface area contributed by atoms with Crippen molar-refractivity contribution in [2.75, 3.05) is 13.1 Å². The summed E-state index contributed by atoms with van der Waals surface area (Å²) in [7, 11) is 0. The third-order valence-electron chi connectivity index (χ3n) is 4.86. The fourth-order valence-electron chi connectivity index (χ4n) is 3.40. The van der Waals surface area contributed by atoms with Crippen LogP contribution in [0.2, 0.25) is 0 Å². The first-order valence-electron chi connectivity index (χ1n) is 8.90. The van der Waals surface area contributed by atoms with Crippen molar-refractivity contribution in [2.24, 2.45) is 0 Å². The van der Waals surface area contributed by atoms with Gasteiger partial charge in [0.25, 0.3) is 11.8 Å². The quantitative estimate of drug-likeness (QED) is 0.772. The first-order valence-corrected chi connectivity index (χ1v) is 8.90. The number of amides is 6. The van der Waals surface area contributed by atoms with Gasteiger partial charge in [0.1, 0.15) is 12.1 Å². The topological polar surface area (TPSA) is 98.8 Å². The predicted octanol–water partition coefficient (Wildman–Crippen LogP) is 1.57. The average molecular weight is 378 g/mol. The van der Waals surface area contributed by atoms with E-state index < -0.39 is 36.0 Å². The van der Waals surface area contributed by atoms with Crippen LogP contribution in [-0.4, -0.2) is 46.8 Å². The van der Waals surface area contributed by atoms with Crippen LogP contribution in [0.3, 0.4) is 0 Å². The molecule has 28 heavy (non-hydrogen) atoms. The molecular weight excluding hydrogens is 360 g/mol. The minimum atomic E-state index is -0.756. The van der Waals surface area contributed by atoms with Crippen molar-refractivity contribution >= 4 is 23.9 Å². The van der Waals surface area contributed by atoms with Gasteiger partial charge >= 0.3 is 12.1 Å². The van der Waals surface area contributed by atoms with E-state index in [1.165, 1.54) is 0 Å². The van der Waals surface area contributed by atoms with Crippen LogP contribution in [0.1, 0.15) is 23.2 Å². The Bertz CT molecular complexity index is 854. The number of nitrogens with zero attached hydrogens (tertiary/aromatic N) is 2. The van der Waals surface area contributed by atoms with Crippen LogP contribution in [0.4, 0.5) is 9.59 Å². The Labute approximate surface area is 161 Å². The van der Waals surface area contributed by atoms with Gasteiger partial charge in [0.05, 0.1) is 0 Å². The molecule has 142 valence electrons. The molecule has 8 nitrogen and oxygen atoms in total. The van der Waals surface area contributed by atoms with E-state index >= 15 is 0 Å². The van der Waals surface area contributed by atoms with Gasteiger partial charge < -0.3 is 10.6 Å². The SMILES string of the molecule is O=C1N[C@@H](c2ccccc2)C(=O)N1CCN1C(=O)N[C@@H](c2ccccc2)C1=O. The second-order valence-electron chi connectivity index (χ2n) is 6.57. The van der Waals surface area contributed by atoms with Crippen LogP contribution in [0.15, 0.2) is 60.7 Å². The molecule has 0 aromatic heterocycles. The highest BCUT2D eigenvalue weighted by Crippen LogP contribution is 2.24. The lowest BCUT2D eigenvalue weighted by molar-refractivity contribution is -0.130. The van der Waals surface area contributed by atoms with Gasteiger partial charge in [-0.15, -0.1) is 0 Å². The Kier molecular flexibility index (Phi) is 4.52. The molecule has 0 aliphatic carbocycles. The van der Waals surface area contributed by atoms with E-state index in [-0.39, 0.29) is 13.1 Å². The normalized spacial score (nSPS) is 21.9. The monoisotopic (exact) mass is 378 g/mol. The van der Waals surface area contributed by atoms with Gasteiger partial charge in [0, 0.05) is 13.1 Å². The number of carbonyl (C=O) groups is 4. The van der Waals surface area contributed by atoms with Crippen LogP contribution in [0.5, 0.6) is 0 Å². The summed E-state index contributed by atoms with van der Waals surface area (Å²) in [6, 6.07) is 15.2. The Hall–Kier alpha value is -3.68. The maximum Gasteiger partial charge on any atom is 0.325 e. The molecule has 2 N–H and O–H groups in total. The van der Waals surface area contributed by atoms with Crippen molar-refractivity contribution in [3.8, 4) is 0 Å². The van der Waals surface area contributed by atoms with Crippen molar-refractivity contribution in [3.63, 3.8) is 0 Å². The number of carbonyl (C=O) groups excluding carboxylic acids is 4. The first-order chi connectivity index (χ1) is 13.6. The third-order valence-corrected chi connectivity index (χ3v) is 4.86. The molecule has 0 saturated carbocycles. The predicted molar refractivity (Wildman–Crippen MR) is 98.9 cm³/mol. The molecule has 2 heterocycles. The van der Waals surface area contributed by atoms with Crippen LogP contribution >= 0.6 is 0 Å². The molecular formula is C20H18N4O4. The van der Waals surface area contributed by atoms with E-state index in [9.17, 15) is 19.2 Å². The molecule has 0 spiro atoms. The lowest BCUT2D eigenvalue weighted by atomic mass is 10.1. The van der Waals surface area contributed by atoms with Crippen molar-refractivity contribution < 1.29 is 19.2 Å². The molecule has 0 radical (unpaired) electrons. The van der Waals surface area contributed by atoms with Crippen molar-refractivity contribution in [1.82, 2.24) is 20.4 Å². The summed E-state index contributed by atoms with van der Waals surface area (Å²) in [5.41, 5.74) is 1.37. The molecule has 4 rings (SSSR count). The van der Waals surface area contributed by atoms with Crippen molar-refractivity contribution in [1.29, 1.82) is 0 Å². The molecule has 2 atom stereocenters. The van der Waals surface area contributed by atoms with E-state index in [0.717, 1.165) is 9.80 Å². The maximum atomic E-state index is 12.6. The number of rotatable bonds is 5. The lowest BCUT2D eigenvalue weighted by Gasteiger charge is -2.17. The largest absolute Gasteiger partial charge is 0.325 e. The standard InChI is InChI=1S/C20H18N4O4/c25-17-15(13-7-3-1-4-8-13)21-19(27)23(17)11-12-24-18(26)16(22-20(24)28)14-9-5-2-6-10-14/h1-10,15-16H,11-12H2,(H,21,27)(H,22,28)/t15-,16-/m0/s1. The highest BCUT2D eigenvalue weighted by molar-refractivity contribution is 6.06. The van der Waals surface area contributed by atoms with Gasteiger partial charge in [-0.3, -0.25) is 19.4 Å². The molecule has 8 heteroatoms. The Balaban J connectivity index is 1.43. The number of benzene rings is 2. The summed E-state index contributed by atoms with van der Waals surface area (Å²) in [5, 5.41) is 5.27. The number of urea groups is 2. The summed E-state index contributed by atoms with van der Waals surface area (Å²) >= 11 is 0. The third kappa shape index (κ3) is 3.09. The highest BCUT2D eigenvalue weighted by atomic mass is 16.2. The lowest BCUT2D eigenvalue weighted by Crippen LogP contribution is -2.41. The van der Waals surface area contributed by atoms with Gasteiger partial charge in [-0.2, -0.15) is 0 Å². The number of imide groups is 2. The zero-order chi connectivity index (χ0) is 19.7. The fourth-order valence-corrected chi connectivity index (χ4v) is 3.40. The summed E-state index contributed by atoms with van der Waals surface area (Å²) in [6.45, 7) is -0.122. The van der Waals surface area contributed by atoms with Gasteiger partial charge in [-0.05, 0) is 11.1 Å². The second kappa shape index (κ2) is 7.15. The van der Waals surface area contributed by atoms with Gasteiger partial charge in [-0.1, -0.05) is 60.7 Å². The summed E-state index contributed by atoms with van der Waals surface area (Å²) in [6.07, 6.45) is 0.